The Labute approximate surface area is 109 Å². The van der Waals surface area contributed by atoms with Gasteiger partial charge in [0, 0.05) is 17.0 Å². The lowest BCUT2D eigenvalue weighted by Crippen LogP contribution is -2.37. The fourth-order valence-electron chi connectivity index (χ4n) is 1.78. The van der Waals surface area contributed by atoms with Gasteiger partial charge in [-0.2, -0.15) is 0 Å². The van der Waals surface area contributed by atoms with Crippen LogP contribution in [0.25, 0.3) is 5.70 Å². The summed E-state index contributed by atoms with van der Waals surface area (Å²) in [6.45, 7) is 5.29. The van der Waals surface area contributed by atoms with E-state index in [0.717, 1.165) is 11.4 Å². The number of aliphatic carboxylic acids is 1. The van der Waals surface area contributed by atoms with Gasteiger partial charge in [0.15, 0.2) is 12.1 Å². The lowest BCUT2D eigenvalue weighted by molar-refractivity contribution is -0.129. The smallest absolute Gasteiger partial charge is 0.371 e. The molecule has 1 aliphatic rings. The second-order valence-corrected chi connectivity index (χ2v) is 4.31. The molecule has 0 aliphatic carbocycles. The highest BCUT2D eigenvalue weighted by Crippen LogP contribution is 2.20. The van der Waals surface area contributed by atoms with Crippen LogP contribution in [-0.4, -0.2) is 38.2 Å². The summed E-state index contributed by atoms with van der Waals surface area (Å²) in [6.07, 6.45) is -1.20. The van der Waals surface area contributed by atoms with Crippen LogP contribution < -0.4 is 5.32 Å². The predicted octanol–water partition coefficient (Wildman–Crippen LogP) is 0.229. The molecular weight excluding hydrogens is 248 g/mol. The van der Waals surface area contributed by atoms with E-state index in [1.807, 2.05) is 19.9 Å². The molecular formula is C12H14N4O3. The van der Waals surface area contributed by atoms with Gasteiger partial charge in [-0.1, -0.05) is 0 Å². The molecule has 0 amide bonds. The van der Waals surface area contributed by atoms with E-state index in [4.69, 9.17) is 5.11 Å². The summed E-state index contributed by atoms with van der Waals surface area (Å²) in [7, 11) is 0. The van der Waals surface area contributed by atoms with Crippen molar-refractivity contribution in [3.63, 3.8) is 0 Å². The number of aliphatic hydroxyl groups is 1. The molecule has 1 atom stereocenters. The summed E-state index contributed by atoms with van der Waals surface area (Å²) in [4.78, 5) is 23.1. The number of carbonyl (C=O) groups is 1. The van der Waals surface area contributed by atoms with Gasteiger partial charge in [0.25, 0.3) is 0 Å². The number of aryl methyl sites for hydroxylation is 2. The third-order valence-corrected chi connectivity index (χ3v) is 2.68. The SMILES string of the molecule is CC1=C(c2nc(C)cc(C)n2)NC(C(=O)O)=NC1O. The molecule has 1 aromatic rings. The third-order valence-electron chi connectivity index (χ3n) is 2.68. The van der Waals surface area contributed by atoms with Gasteiger partial charge in [-0.05, 0) is 26.8 Å². The van der Waals surface area contributed by atoms with Crippen molar-refractivity contribution in [2.45, 2.75) is 27.0 Å². The van der Waals surface area contributed by atoms with Crippen molar-refractivity contribution >= 4 is 17.5 Å². The first-order chi connectivity index (χ1) is 8.88. The van der Waals surface area contributed by atoms with Gasteiger partial charge in [-0.25, -0.2) is 19.8 Å². The topological polar surface area (TPSA) is 108 Å². The number of hydrogen-bond donors (Lipinski definition) is 3. The zero-order valence-electron chi connectivity index (χ0n) is 10.8. The molecule has 2 heterocycles. The number of aromatic nitrogens is 2. The maximum Gasteiger partial charge on any atom is 0.371 e. The van der Waals surface area contributed by atoms with Crippen LogP contribution in [0.4, 0.5) is 0 Å². The number of hydrogen-bond acceptors (Lipinski definition) is 6. The Kier molecular flexibility index (Phi) is 3.30. The third kappa shape index (κ3) is 2.60. The van der Waals surface area contributed by atoms with Crippen LogP contribution in [0.2, 0.25) is 0 Å². The number of carboxylic acids is 1. The number of nitrogens with one attached hydrogen (secondary N) is 1. The summed E-state index contributed by atoms with van der Waals surface area (Å²) in [5.41, 5.74) is 2.39. The number of aliphatic hydroxyl groups excluding tert-OH is 1. The summed E-state index contributed by atoms with van der Waals surface area (Å²) in [6, 6.07) is 1.81. The molecule has 1 unspecified atom stereocenters. The minimum atomic E-state index is -1.24. The molecule has 3 N–H and O–H groups in total. The lowest BCUT2D eigenvalue weighted by Gasteiger charge is -2.21. The molecule has 0 bridgehead atoms. The summed E-state index contributed by atoms with van der Waals surface area (Å²) >= 11 is 0. The fourth-order valence-corrected chi connectivity index (χ4v) is 1.78. The van der Waals surface area contributed by atoms with Crippen molar-refractivity contribution in [2.75, 3.05) is 0 Å². The first-order valence-corrected chi connectivity index (χ1v) is 5.68. The number of amidine groups is 1. The van der Waals surface area contributed by atoms with Crippen molar-refractivity contribution in [2.24, 2.45) is 4.99 Å². The van der Waals surface area contributed by atoms with Gasteiger partial charge in [-0.15, -0.1) is 0 Å². The fraction of sp³-hybridized carbons (Fsp3) is 0.333. The highest BCUT2D eigenvalue weighted by Gasteiger charge is 2.25. The van der Waals surface area contributed by atoms with Crippen LogP contribution in [0.1, 0.15) is 24.1 Å². The van der Waals surface area contributed by atoms with Crippen LogP contribution in [0.15, 0.2) is 16.6 Å². The Balaban J connectivity index is 2.48. The number of aliphatic imine (C=N–C) groups is 1. The van der Waals surface area contributed by atoms with Crippen molar-refractivity contribution in [3.05, 3.63) is 28.9 Å². The Morgan fingerprint density at radius 1 is 1.26 bits per heavy atom. The number of carboxylic acid groups (broad SMARTS) is 1. The quantitative estimate of drug-likeness (QED) is 0.704. The molecule has 19 heavy (non-hydrogen) atoms. The minimum absolute atomic E-state index is 0.323. The van der Waals surface area contributed by atoms with E-state index < -0.39 is 12.2 Å². The van der Waals surface area contributed by atoms with E-state index in [0.29, 0.717) is 17.1 Å². The molecule has 2 rings (SSSR count). The zero-order valence-corrected chi connectivity index (χ0v) is 10.8. The highest BCUT2D eigenvalue weighted by molar-refractivity contribution is 6.36. The van der Waals surface area contributed by atoms with E-state index in [-0.39, 0.29) is 5.84 Å². The van der Waals surface area contributed by atoms with Gasteiger partial charge < -0.3 is 15.5 Å². The van der Waals surface area contributed by atoms with E-state index >= 15 is 0 Å². The molecule has 0 saturated carbocycles. The first kappa shape index (κ1) is 13.2. The molecule has 0 fully saturated rings. The molecule has 0 saturated heterocycles. The van der Waals surface area contributed by atoms with E-state index in [1.54, 1.807) is 6.92 Å². The van der Waals surface area contributed by atoms with Gasteiger partial charge in [-0.3, -0.25) is 0 Å². The zero-order chi connectivity index (χ0) is 14.2. The van der Waals surface area contributed by atoms with Gasteiger partial charge >= 0.3 is 5.97 Å². The van der Waals surface area contributed by atoms with E-state index in [2.05, 4.69) is 20.3 Å². The van der Waals surface area contributed by atoms with Gasteiger partial charge in [0.1, 0.15) is 0 Å². The Morgan fingerprint density at radius 2 is 1.84 bits per heavy atom. The van der Waals surface area contributed by atoms with Crippen LogP contribution in [0.3, 0.4) is 0 Å². The minimum Gasteiger partial charge on any atom is -0.475 e. The van der Waals surface area contributed by atoms with Crippen LogP contribution in [0.5, 0.6) is 0 Å². The summed E-state index contributed by atoms with van der Waals surface area (Å²) < 4.78 is 0. The predicted molar refractivity (Wildman–Crippen MR) is 68.3 cm³/mol. The van der Waals surface area contributed by atoms with Crippen molar-refractivity contribution < 1.29 is 15.0 Å². The Morgan fingerprint density at radius 3 is 2.37 bits per heavy atom. The van der Waals surface area contributed by atoms with Crippen molar-refractivity contribution in [1.82, 2.24) is 15.3 Å². The van der Waals surface area contributed by atoms with Crippen LogP contribution in [-0.2, 0) is 4.79 Å². The molecule has 7 heteroatoms. The van der Waals surface area contributed by atoms with Crippen molar-refractivity contribution in [3.8, 4) is 0 Å². The Hall–Kier alpha value is -2.28. The molecule has 0 spiro atoms. The molecule has 0 aromatic carbocycles. The molecule has 100 valence electrons. The molecule has 1 aliphatic heterocycles. The summed E-state index contributed by atoms with van der Waals surface area (Å²) in [5.74, 6) is -1.22. The largest absolute Gasteiger partial charge is 0.475 e. The number of rotatable bonds is 2. The van der Waals surface area contributed by atoms with Crippen molar-refractivity contribution in [1.29, 1.82) is 0 Å². The van der Waals surface area contributed by atoms with E-state index in [1.165, 1.54) is 0 Å². The highest BCUT2D eigenvalue weighted by atomic mass is 16.4. The van der Waals surface area contributed by atoms with Crippen LogP contribution >= 0.6 is 0 Å². The maximum atomic E-state index is 10.9. The summed E-state index contributed by atoms with van der Waals surface area (Å²) in [5, 5.41) is 21.4. The normalized spacial score (nSPS) is 18.9. The second kappa shape index (κ2) is 4.77. The average Bonchev–Trinajstić information content (AvgIpc) is 2.30. The average molecular weight is 262 g/mol. The van der Waals surface area contributed by atoms with Crippen LogP contribution in [0, 0.1) is 13.8 Å². The standard InChI is InChI=1S/C12H14N4O3/c1-5-4-6(2)14-9(13-5)8-7(3)11(17)16-10(15-8)12(18)19/h4,11,17H,1-3H3,(H,15,16)(H,18,19). The van der Waals surface area contributed by atoms with Gasteiger partial charge in [0.05, 0.1) is 5.70 Å². The number of nitrogens with zero attached hydrogens (tertiary/aromatic N) is 3. The maximum absolute atomic E-state index is 10.9. The molecule has 7 nitrogen and oxygen atoms in total. The van der Waals surface area contributed by atoms with E-state index in [9.17, 15) is 9.90 Å². The first-order valence-electron chi connectivity index (χ1n) is 5.68. The Bertz CT molecular complexity index is 587. The van der Waals surface area contributed by atoms with Gasteiger partial charge in [0.2, 0.25) is 5.84 Å². The monoisotopic (exact) mass is 262 g/mol. The lowest BCUT2D eigenvalue weighted by atomic mass is 10.1. The molecule has 1 aromatic heterocycles. The second-order valence-electron chi connectivity index (χ2n) is 4.31. The molecule has 0 radical (unpaired) electrons.